The summed E-state index contributed by atoms with van der Waals surface area (Å²) in [6, 6.07) is 7.27. The highest BCUT2D eigenvalue weighted by atomic mass is 35.5. The Morgan fingerprint density at radius 1 is 0.966 bits per heavy atom. The van der Waals surface area contributed by atoms with Crippen molar-refractivity contribution in [1.29, 1.82) is 0 Å². The number of ether oxygens (including phenoxy) is 1. The van der Waals surface area contributed by atoms with Crippen molar-refractivity contribution < 1.29 is 9.53 Å². The zero-order valence-corrected chi connectivity index (χ0v) is 19.8. The van der Waals surface area contributed by atoms with Crippen molar-refractivity contribution in [2.75, 3.05) is 11.9 Å². The first-order valence-electron chi connectivity index (χ1n) is 7.86. The summed E-state index contributed by atoms with van der Waals surface area (Å²) in [7, 11) is 0. The number of thiazole rings is 1. The molecule has 0 fully saturated rings. The van der Waals surface area contributed by atoms with Crippen LogP contribution in [0.5, 0.6) is 5.75 Å². The zero-order chi connectivity index (χ0) is 21.3. The lowest BCUT2D eigenvalue weighted by molar-refractivity contribution is -0.118. The van der Waals surface area contributed by atoms with Crippen LogP contribution >= 0.6 is 80.9 Å². The highest BCUT2D eigenvalue weighted by molar-refractivity contribution is 7.16. The predicted molar refractivity (Wildman–Crippen MR) is 123 cm³/mol. The third-order valence-electron chi connectivity index (χ3n) is 3.68. The molecule has 0 aliphatic rings. The molecule has 3 rings (SSSR count). The van der Waals surface area contributed by atoms with Crippen LogP contribution in [-0.2, 0) is 4.79 Å². The van der Waals surface area contributed by atoms with E-state index in [0.717, 1.165) is 16.1 Å². The molecule has 0 aliphatic carbocycles. The molecule has 0 atom stereocenters. The molecule has 1 amide bonds. The van der Waals surface area contributed by atoms with Gasteiger partial charge in [0.25, 0.3) is 5.91 Å². The Balaban J connectivity index is 1.71. The molecule has 1 aromatic heterocycles. The summed E-state index contributed by atoms with van der Waals surface area (Å²) in [4.78, 5) is 17.7. The second-order valence-electron chi connectivity index (χ2n) is 5.67. The molecule has 29 heavy (non-hydrogen) atoms. The summed E-state index contributed by atoms with van der Waals surface area (Å²) in [5, 5.41) is 3.64. The molecule has 152 valence electrons. The van der Waals surface area contributed by atoms with Crippen LogP contribution in [0.4, 0.5) is 5.13 Å². The number of halogens is 6. The lowest BCUT2D eigenvalue weighted by Gasteiger charge is -2.13. The van der Waals surface area contributed by atoms with Crippen molar-refractivity contribution in [1.82, 2.24) is 4.98 Å². The first-order chi connectivity index (χ1) is 13.7. The molecule has 2 aromatic carbocycles. The Morgan fingerprint density at radius 2 is 1.52 bits per heavy atom. The lowest BCUT2D eigenvalue weighted by Crippen LogP contribution is -2.20. The second-order valence-corrected chi connectivity index (χ2v) is 9.20. The van der Waals surface area contributed by atoms with E-state index < -0.39 is 5.91 Å². The van der Waals surface area contributed by atoms with E-state index in [1.165, 1.54) is 11.3 Å². The van der Waals surface area contributed by atoms with Crippen LogP contribution < -0.4 is 10.1 Å². The molecule has 11 heteroatoms. The van der Waals surface area contributed by atoms with E-state index >= 15 is 0 Å². The van der Waals surface area contributed by atoms with Gasteiger partial charge in [0.05, 0.1) is 20.8 Å². The van der Waals surface area contributed by atoms with Crippen molar-refractivity contribution in [2.24, 2.45) is 0 Å². The third kappa shape index (κ3) is 5.05. The van der Waals surface area contributed by atoms with Gasteiger partial charge in [-0.2, -0.15) is 0 Å². The number of rotatable bonds is 5. The largest absolute Gasteiger partial charge is 0.481 e. The molecular formula is C18H10Cl6N2O2S. The van der Waals surface area contributed by atoms with Gasteiger partial charge in [-0.1, -0.05) is 81.7 Å². The number of carbonyl (C=O) groups is 1. The number of nitrogens with one attached hydrogen (secondary N) is 1. The molecule has 3 aromatic rings. The van der Waals surface area contributed by atoms with Crippen LogP contribution in [0.2, 0.25) is 30.1 Å². The predicted octanol–water partition coefficient (Wildman–Crippen LogP) is 8.06. The number of carbonyl (C=O) groups excluding carboxylic acids is 1. The number of benzene rings is 2. The number of aryl methyl sites for hydroxylation is 1. The number of hydrogen-bond acceptors (Lipinski definition) is 4. The fourth-order valence-electron chi connectivity index (χ4n) is 2.33. The Labute approximate surface area is 200 Å². The van der Waals surface area contributed by atoms with Crippen molar-refractivity contribution in [3.05, 3.63) is 59.3 Å². The van der Waals surface area contributed by atoms with Crippen LogP contribution in [0.15, 0.2) is 24.3 Å². The topological polar surface area (TPSA) is 51.2 Å². The fraction of sp³-hybridized carbons (Fsp3) is 0.111. The van der Waals surface area contributed by atoms with E-state index in [1.54, 1.807) is 12.1 Å². The number of anilines is 1. The minimum atomic E-state index is -0.462. The summed E-state index contributed by atoms with van der Waals surface area (Å²) in [5.41, 5.74) is 1.65. The monoisotopic (exact) mass is 528 g/mol. The van der Waals surface area contributed by atoms with Crippen LogP contribution in [0.1, 0.15) is 4.88 Å². The lowest BCUT2D eigenvalue weighted by atomic mass is 10.1. The maximum atomic E-state index is 12.3. The van der Waals surface area contributed by atoms with Gasteiger partial charge in [0.2, 0.25) is 0 Å². The maximum Gasteiger partial charge on any atom is 0.264 e. The second kappa shape index (κ2) is 9.48. The van der Waals surface area contributed by atoms with Gasteiger partial charge in [-0.05, 0) is 19.1 Å². The van der Waals surface area contributed by atoms with Crippen molar-refractivity contribution in [3.63, 3.8) is 0 Å². The smallest absolute Gasteiger partial charge is 0.264 e. The normalized spacial score (nSPS) is 10.9. The SMILES string of the molecule is Cc1sc(NC(=O)COc2c(Cl)c(Cl)c(Cl)c(Cl)c2Cl)nc1-c1ccc(Cl)cc1. The summed E-state index contributed by atoms with van der Waals surface area (Å²) >= 11 is 37.3. The molecule has 0 aliphatic heterocycles. The minimum absolute atomic E-state index is 0.00752. The number of nitrogens with zero attached hydrogens (tertiary/aromatic N) is 1. The Kier molecular flexibility index (Phi) is 7.44. The van der Waals surface area contributed by atoms with Crippen LogP contribution in [-0.4, -0.2) is 17.5 Å². The summed E-state index contributed by atoms with van der Waals surface area (Å²) in [6.45, 7) is 1.52. The maximum absolute atomic E-state index is 12.3. The average molecular weight is 531 g/mol. The van der Waals surface area contributed by atoms with Gasteiger partial charge in [-0.15, -0.1) is 11.3 Å². The molecule has 0 radical (unpaired) electrons. The van der Waals surface area contributed by atoms with Crippen molar-refractivity contribution in [3.8, 4) is 17.0 Å². The van der Waals surface area contributed by atoms with Gasteiger partial charge in [-0.3, -0.25) is 10.1 Å². The van der Waals surface area contributed by atoms with Crippen LogP contribution in [0.3, 0.4) is 0 Å². The fourth-order valence-corrected chi connectivity index (χ4v) is 4.54. The molecule has 0 saturated carbocycles. The molecule has 0 unspecified atom stereocenters. The molecule has 1 N–H and O–H groups in total. The first-order valence-corrected chi connectivity index (χ1v) is 10.9. The van der Waals surface area contributed by atoms with Crippen LogP contribution in [0.25, 0.3) is 11.3 Å². The summed E-state index contributed by atoms with van der Waals surface area (Å²) in [5.74, 6) is -0.490. The number of aromatic nitrogens is 1. The van der Waals surface area contributed by atoms with Gasteiger partial charge >= 0.3 is 0 Å². The van der Waals surface area contributed by atoms with Crippen molar-refractivity contribution >= 4 is 92.0 Å². The molecule has 0 spiro atoms. The average Bonchev–Trinajstić information content (AvgIpc) is 3.05. The van der Waals surface area contributed by atoms with Crippen molar-refractivity contribution in [2.45, 2.75) is 6.92 Å². The highest BCUT2D eigenvalue weighted by Gasteiger charge is 2.21. The zero-order valence-electron chi connectivity index (χ0n) is 14.5. The number of amides is 1. The molecular weight excluding hydrogens is 521 g/mol. The Bertz CT molecular complexity index is 1060. The molecule has 0 saturated heterocycles. The van der Waals surface area contributed by atoms with Gasteiger partial charge in [0.15, 0.2) is 17.5 Å². The standard InChI is InChI=1S/C18H10Cl6N2O2S/c1-7-16(8-2-4-9(19)5-3-8)26-18(29-7)25-10(27)6-28-17-14(23)12(21)11(20)13(22)15(17)24/h2-5H,6H2,1H3,(H,25,26,27). The highest BCUT2D eigenvalue weighted by Crippen LogP contribution is 2.48. The summed E-state index contributed by atoms with van der Waals surface area (Å²) in [6.07, 6.45) is 0. The Morgan fingerprint density at radius 3 is 2.10 bits per heavy atom. The Hall–Kier alpha value is -0.920. The van der Waals surface area contributed by atoms with E-state index in [2.05, 4.69) is 10.3 Å². The molecule has 1 heterocycles. The van der Waals surface area contributed by atoms with Gasteiger partial charge in [0, 0.05) is 15.5 Å². The van der Waals surface area contributed by atoms with E-state index in [-0.39, 0.29) is 37.5 Å². The van der Waals surface area contributed by atoms with Gasteiger partial charge < -0.3 is 4.74 Å². The third-order valence-corrected chi connectivity index (χ3v) is 7.06. The molecule has 4 nitrogen and oxygen atoms in total. The van der Waals surface area contributed by atoms with E-state index in [1.807, 2.05) is 19.1 Å². The van der Waals surface area contributed by atoms with Gasteiger partial charge in [0.1, 0.15) is 10.0 Å². The van der Waals surface area contributed by atoms with E-state index in [0.29, 0.717) is 10.2 Å². The quantitative estimate of drug-likeness (QED) is 0.268. The minimum Gasteiger partial charge on any atom is -0.481 e. The van der Waals surface area contributed by atoms with Crippen LogP contribution in [0, 0.1) is 6.92 Å². The van der Waals surface area contributed by atoms with E-state index in [4.69, 9.17) is 74.3 Å². The van der Waals surface area contributed by atoms with E-state index in [9.17, 15) is 4.79 Å². The first kappa shape index (κ1) is 22.8. The van der Waals surface area contributed by atoms with Gasteiger partial charge in [-0.25, -0.2) is 4.98 Å². The number of hydrogen-bond donors (Lipinski definition) is 1. The molecule has 0 bridgehead atoms. The summed E-state index contributed by atoms with van der Waals surface area (Å²) < 4.78 is 5.41.